The summed E-state index contributed by atoms with van der Waals surface area (Å²) in [6.45, 7) is 3.25. The zero-order valence-electron chi connectivity index (χ0n) is 17.4. The second-order valence-corrected chi connectivity index (χ2v) is 8.69. The van der Waals surface area contributed by atoms with Crippen molar-refractivity contribution in [3.8, 4) is 5.75 Å². The summed E-state index contributed by atoms with van der Waals surface area (Å²) in [4.78, 5) is 20.1. The van der Waals surface area contributed by atoms with Gasteiger partial charge in [0.25, 0.3) is 0 Å². The van der Waals surface area contributed by atoms with E-state index in [0.29, 0.717) is 10.9 Å². The lowest BCUT2D eigenvalue weighted by atomic mass is 9.85. The van der Waals surface area contributed by atoms with Crippen molar-refractivity contribution in [2.45, 2.75) is 38.2 Å². The number of halogens is 1. The van der Waals surface area contributed by atoms with E-state index in [1.165, 1.54) is 0 Å². The third-order valence-electron chi connectivity index (χ3n) is 6.13. The van der Waals surface area contributed by atoms with Gasteiger partial charge in [-0.1, -0.05) is 11.6 Å². The maximum Gasteiger partial charge on any atom is 0.149 e. The molecule has 0 bridgehead atoms. The van der Waals surface area contributed by atoms with Gasteiger partial charge in [0.05, 0.1) is 29.9 Å². The van der Waals surface area contributed by atoms with Crippen molar-refractivity contribution >= 4 is 28.3 Å². The molecule has 2 aromatic heterocycles. The second-order valence-electron chi connectivity index (χ2n) is 8.25. The van der Waals surface area contributed by atoms with Gasteiger partial charge in [0, 0.05) is 56.1 Å². The van der Waals surface area contributed by atoms with Crippen LogP contribution in [0.4, 0.5) is 5.69 Å². The average Bonchev–Trinajstić information content (AvgIpc) is 2.82. The topological polar surface area (TPSA) is 73.3 Å². The van der Waals surface area contributed by atoms with E-state index in [1.54, 1.807) is 24.8 Å². The summed E-state index contributed by atoms with van der Waals surface area (Å²) >= 11 is 5.89. The zero-order chi connectivity index (χ0) is 21.0. The summed E-state index contributed by atoms with van der Waals surface area (Å²) in [6, 6.07) is 4.22. The minimum absolute atomic E-state index is 0.188. The van der Waals surface area contributed by atoms with E-state index in [9.17, 15) is 0 Å². The van der Waals surface area contributed by atoms with Gasteiger partial charge in [-0.2, -0.15) is 0 Å². The van der Waals surface area contributed by atoms with Crippen molar-refractivity contribution < 1.29 is 9.47 Å². The fraction of sp³-hybridized carbons (Fsp3) is 0.478. The molecule has 3 heterocycles. The highest BCUT2D eigenvalue weighted by Gasteiger charge is 2.25. The fourth-order valence-corrected chi connectivity index (χ4v) is 4.56. The third kappa shape index (κ3) is 4.88. The number of rotatable bonds is 5. The maximum absolute atomic E-state index is 6.51. The lowest BCUT2D eigenvalue weighted by Crippen LogP contribution is -2.36. The van der Waals surface area contributed by atoms with E-state index in [1.807, 2.05) is 0 Å². The first-order valence-electron chi connectivity index (χ1n) is 10.9. The SMILES string of the molecule is Clc1cnc(CC2CCC(Oc3cc(N4CCOCC4)cc4nccnc34)CC2)nc1. The molecule has 31 heavy (non-hydrogen) atoms. The number of nitrogens with zero attached hydrogens (tertiary/aromatic N) is 5. The molecule has 1 saturated carbocycles. The van der Waals surface area contributed by atoms with Crippen LogP contribution in [0.15, 0.2) is 36.9 Å². The Morgan fingerprint density at radius 1 is 0.968 bits per heavy atom. The van der Waals surface area contributed by atoms with Crippen molar-refractivity contribution in [1.29, 1.82) is 0 Å². The molecule has 1 aliphatic carbocycles. The van der Waals surface area contributed by atoms with Gasteiger partial charge < -0.3 is 14.4 Å². The predicted octanol–water partition coefficient (Wildman–Crippen LogP) is 4.09. The van der Waals surface area contributed by atoms with Crippen LogP contribution in [0.25, 0.3) is 11.0 Å². The highest BCUT2D eigenvalue weighted by molar-refractivity contribution is 6.30. The molecule has 2 aliphatic rings. The molecule has 0 atom stereocenters. The minimum atomic E-state index is 0.188. The van der Waals surface area contributed by atoms with Crippen molar-refractivity contribution in [2.75, 3.05) is 31.2 Å². The first-order valence-corrected chi connectivity index (χ1v) is 11.3. The first-order chi connectivity index (χ1) is 15.2. The molecule has 3 aromatic rings. The molecule has 8 heteroatoms. The van der Waals surface area contributed by atoms with Crippen molar-refractivity contribution in [3.05, 3.63) is 47.8 Å². The monoisotopic (exact) mass is 439 g/mol. The Labute approximate surface area is 186 Å². The number of morpholine rings is 1. The Hall–Kier alpha value is -2.51. The van der Waals surface area contributed by atoms with Crippen molar-refractivity contribution in [1.82, 2.24) is 19.9 Å². The van der Waals surface area contributed by atoms with E-state index in [0.717, 1.165) is 86.7 Å². The molecular weight excluding hydrogens is 414 g/mol. The first kappa shape index (κ1) is 20.4. The summed E-state index contributed by atoms with van der Waals surface area (Å²) in [5, 5.41) is 0.579. The van der Waals surface area contributed by atoms with Crippen LogP contribution in [-0.2, 0) is 11.2 Å². The Bertz CT molecular complexity index is 1020. The van der Waals surface area contributed by atoms with Gasteiger partial charge in [-0.3, -0.25) is 4.98 Å². The summed E-state index contributed by atoms with van der Waals surface area (Å²) in [6.07, 6.45) is 12.1. The maximum atomic E-state index is 6.51. The summed E-state index contributed by atoms with van der Waals surface area (Å²) in [5.41, 5.74) is 2.83. The second kappa shape index (κ2) is 9.32. The molecule has 2 fully saturated rings. The number of hydrogen-bond donors (Lipinski definition) is 0. The summed E-state index contributed by atoms with van der Waals surface area (Å²) in [7, 11) is 0. The van der Waals surface area contributed by atoms with Crippen LogP contribution in [0.3, 0.4) is 0 Å². The average molecular weight is 440 g/mol. The number of hydrogen-bond acceptors (Lipinski definition) is 7. The molecule has 7 nitrogen and oxygen atoms in total. The van der Waals surface area contributed by atoms with E-state index >= 15 is 0 Å². The smallest absolute Gasteiger partial charge is 0.149 e. The van der Waals surface area contributed by atoms with E-state index in [-0.39, 0.29) is 6.10 Å². The van der Waals surface area contributed by atoms with E-state index < -0.39 is 0 Å². The highest BCUT2D eigenvalue weighted by Crippen LogP contribution is 2.34. The van der Waals surface area contributed by atoms with Crippen LogP contribution in [-0.4, -0.2) is 52.3 Å². The minimum Gasteiger partial charge on any atom is -0.488 e. The van der Waals surface area contributed by atoms with Crippen LogP contribution in [0.2, 0.25) is 5.02 Å². The van der Waals surface area contributed by atoms with Crippen molar-refractivity contribution in [2.24, 2.45) is 5.92 Å². The Balaban J connectivity index is 1.27. The van der Waals surface area contributed by atoms with Gasteiger partial charge in [0.1, 0.15) is 17.1 Å². The predicted molar refractivity (Wildman–Crippen MR) is 120 cm³/mol. The van der Waals surface area contributed by atoms with Crippen LogP contribution in [0.1, 0.15) is 31.5 Å². The van der Waals surface area contributed by atoms with Crippen molar-refractivity contribution in [3.63, 3.8) is 0 Å². The lowest BCUT2D eigenvalue weighted by Gasteiger charge is -2.31. The van der Waals surface area contributed by atoms with Gasteiger partial charge in [0.15, 0.2) is 0 Å². The molecule has 0 unspecified atom stereocenters. The molecule has 1 aliphatic heterocycles. The van der Waals surface area contributed by atoms with Gasteiger partial charge >= 0.3 is 0 Å². The van der Waals surface area contributed by atoms with Crippen LogP contribution < -0.4 is 9.64 Å². The van der Waals surface area contributed by atoms with E-state index in [4.69, 9.17) is 21.1 Å². The standard InChI is InChI=1S/C23H26ClN5O2/c24-17-14-27-22(28-15-17)11-16-1-3-19(4-2-16)31-21-13-18(29-7-9-30-10-8-29)12-20-23(21)26-6-5-25-20/h5-6,12-16,19H,1-4,7-11H2. The largest absolute Gasteiger partial charge is 0.488 e. The number of aromatic nitrogens is 4. The van der Waals surface area contributed by atoms with Crippen LogP contribution in [0, 0.1) is 5.92 Å². The summed E-state index contributed by atoms with van der Waals surface area (Å²) < 4.78 is 12.0. The number of anilines is 1. The number of ether oxygens (including phenoxy) is 2. The normalized spacial score (nSPS) is 21.9. The zero-order valence-corrected chi connectivity index (χ0v) is 18.2. The summed E-state index contributed by atoms with van der Waals surface area (Å²) in [5.74, 6) is 2.28. The van der Waals surface area contributed by atoms with Crippen LogP contribution >= 0.6 is 11.6 Å². The molecule has 5 rings (SSSR count). The third-order valence-corrected chi connectivity index (χ3v) is 6.33. The number of benzene rings is 1. The Kier molecular flexibility index (Phi) is 6.13. The Morgan fingerprint density at radius 2 is 1.71 bits per heavy atom. The molecular formula is C23H26ClN5O2. The number of fused-ring (bicyclic) bond motifs is 1. The van der Waals surface area contributed by atoms with E-state index in [2.05, 4.69) is 37.0 Å². The Morgan fingerprint density at radius 3 is 2.48 bits per heavy atom. The van der Waals surface area contributed by atoms with Crippen LogP contribution in [0.5, 0.6) is 5.75 Å². The molecule has 1 aromatic carbocycles. The molecule has 0 radical (unpaired) electrons. The lowest BCUT2D eigenvalue weighted by molar-refractivity contribution is 0.122. The molecule has 0 N–H and O–H groups in total. The molecule has 1 saturated heterocycles. The van der Waals surface area contributed by atoms with Gasteiger partial charge in [-0.25, -0.2) is 15.0 Å². The van der Waals surface area contributed by atoms with Gasteiger partial charge in [0.2, 0.25) is 0 Å². The quantitative estimate of drug-likeness (QED) is 0.592. The highest BCUT2D eigenvalue weighted by atomic mass is 35.5. The molecule has 0 spiro atoms. The molecule has 0 amide bonds. The van der Waals surface area contributed by atoms with Gasteiger partial charge in [-0.15, -0.1) is 0 Å². The van der Waals surface area contributed by atoms with Gasteiger partial charge in [-0.05, 0) is 37.7 Å². The fourth-order valence-electron chi connectivity index (χ4n) is 4.46. The molecule has 162 valence electrons.